The van der Waals surface area contributed by atoms with Crippen LogP contribution in [0.5, 0.6) is 0 Å². The summed E-state index contributed by atoms with van der Waals surface area (Å²) in [7, 11) is 1.96. The fourth-order valence-corrected chi connectivity index (χ4v) is 4.35. The molecule has 2 aromatic heterocycles. The summed E-state index contributed by atoms with van der Waals surface area (Å²) < 4.78 is 2.04. The number of rotatable bonds is 6. The molecule has 0 saturated carbocycles. The Morgan fingerprint density at radius 3 is 2.77 bits per heavy atom. The number of aromatic nitrogens is 3. The molecule has 30 heavy (non-hydrogen) atoms. The first kappa shape index (κ1) is 20.3. The van der Waals surface area contributed by atoms with Crippen LogP contribution in [0.4, 0.5) is 0 Å². The first-order chi connectivity index (χ1) is 14.5. The molecule has 0 spiro atoms. The van der Waals surface area contributed by atoms with Gasteiger partial charge in [-0.1, -0.05) is 12.1 Å². The van der Waals surface area contributed by atoms with Crippen LogP contribution in [0.3, 0.4) is 0 Å². The second-order valence-electron chi connectivity index (χ2n) is 8.35. The fraction of sp³-hybridized carbons (Fsp3) is 0.375. The van der Waals surface area contributed by atoms with E-state index in [0.29, 0.717) is 13.1 Å². The van der Waals surface area contributed by atoms with Gasteiger partial charge in [0.1, 0.15) is 0 Å². The summed E-state index contributed by atoms with van der Waals surface area (Å²) in [5.74, 6) is 0.0402. The number of aryl methyl sites for hydroxylation is 2. The Morgan fingerprint density at radius 1 is 1.23 bits per heavy atom. The number of pyridine rings is 1. The van der Waals surface area contributed by atoms with Crippen molar-refractivity contribution in [3.8, 4) is 5.69 Å². The number of nitrogens with zero attached hydrogens (tertiary/aromatic N) is 4. The van der Waals surface area contributed by atoms with E-state index >= 15 is 0 Å². The third-order valence-corrected chi connectivity index (χ3v) is 5.56. The second kappa shape index (κ2) is 8.79. The second-order valence-corrected chi connectivity index (χ2v) is 8.35. The number of carbonyl (C=O) groups is 1. The molecule has 0 unspecified atom stereocenters. The maximum Gasteiger partial charge on any atom is 0.234 e. The van der Waals surface area contributed by atoms with Crippen LogP contribution in [-0.4, -0.2) is 39.2 Å². The summed E-state index contributed by atoms with van der Waals surface area (Å²) in [6.45, 7) is 5.27. The summed E-state index contributed by atoms with van der Waals surface area (Å²) in [5.41, 5.74) is 7.00. The van der Waals surface area contributed by atoms with E-state index in [-0.39, 0.29) is 11.9 Å². The molecule has 6 heteroatoms. The first-order valence-corrected chi connectivity index (χ1v) is 10.5. The minimum Gasteiger partial charge on any atom is -0.348 e. The number of amides is 1. The smallest absolute Gasteiger partial charge is 0.234 e. The summed E-state index contributed by atoms with van der Waals surface area (Å²) in [5, 5.41) is 7.90. The molecule has 0 radical (unpaired) electrons. The van der Waals surface area contributed by atoms with Gasteiger partial charge in [0.15, 0.2) is 0 Å². The topological polar surface area (TPSA) is 63.1 Å². The molecule has 1 aliphatic rings. The van der Waals surface area contributed by atoms with Gasteiger partial charge in [0.2, 0.25) is 5.91 Å². The van der Waals surface area contributed by atoms with E-state index in [1.54, 1.807) is 6.20 Å². The fourth-order valence-electron chi connectivity index (χ4n) is 4.35. The summed E-state index contributed by atoms with van der Waals surface area (Å²) in [6.07, 6.45) is 8.49. The van der Waals surface area contributed by atoms with E-state index in [4.69, 9.17) is 0 Å². The van der Waals surface area contributed by atoms with Gasteiger partial charge in [0, 0.05) is 30.2 Å². The largest absolute Gasteiger partial charge is 0.348 e. The van der Waals surface area contributed by atoms with E-state index in [1.807, 2.05) is 41.2 Å². The van der Waals surface area contributed by atoms with Crippen molar-refractivity contribution in [1.82, 2.24) is 25.0 Å². The normalized spacial score (nSPS) is 15.8. The summed E-state index contributed by atoms with van der Waals surface area (Å²) >= 11 is 0. The highest BCUT2D eigenvalue weighted by Gasteiger charge is 2.26. The van der Waals surface area contributed by atoms with Gasteiger partial charge in [-0.05, 0) is 75.0 Å². The minimum absolute atomic E-state index is 0.0210. The van der Waals surface area contributed by atoms with Crippen LogP contribution in [-0.2, 0) is 17.8 Å². The predicted octanol–water partition coefficient (Wildman–Crippen LogP) is 3.51. The van der Waals surface area contributed by atoms with Gasteiger partial charge in [-0.15, -0.1) is 0 Å². The lowest BCUT2D eigenvalue weighted by Gasteiger charge is -2.25. The van der Waals surface area contributed by atoms with Crippen molar-refractivity contribution in [3.05, 3.63) is 76.9 Å². The van der Waals surface area contributed by atoms with Crippen molar-refractivity contribution in [2.75, 3.05) is 13.6 Å². The number of carbonyl (C=O) groups excluding carboxylic acids is 1. The molecule has 0 aliphatic heterocycles. The highest BCUT2D eigenvalue weighted by molar-refractivity contribution is 5.78. The van der Waals surface area contributed by atoms with E-state index in [0.717, 1.165) is 36.1 Å². The Balaban J connectivity index is 1.44. The van der Waals surface area contributed by atoms with Crippen LogP contribution >= 0.6 is 0 Å². The molecule has 1 aromatic carbocycles. The zero-order valence-electron chi connectivity index (χ0n) is 17.9. The van der Waals surface area contributed by atoms with Crippen LogP contribution in [0.15, 0.2) is 48.9 Å². The van der Waals surface area contributed by atoms with E-state index in [1.165, 1.54) is 16.8 Å². The Morgan fingerprint density at radius 2 is 2.03 bits per heavy atom. The van der Waals surface area contributed by atoms with Gasteiger partial charge in [0.05, 0.1) is 24.5 Å². The molecular weight excluding hydrogens is 374 g/mol. The number of likely N-dealkylation sites (N-methyl/N-ethyl adjacent to an activating group) is 1. The standard InChI is InChI=1S/C24H29N5O/c1-17-10-18(2)12-20(11-17)29-23-8-4-7-22(21(23)14-26-29)27-24(30)16-28(3)15-19-6-5-9-25-13-19/h5-6,9-14,22H,4,7-8,15-16H2,1-3H3,(H,27,30)/t22-/m1/s1. The van der Waals surface area contributed by atoms with Crippen molar-refractivity contribution < 1.29 is 4.79 Å². The average Bonchev–Trinajstić information content (AvgIpc) is 3.13. The van der Waals surface area contributed by atoms with Crippen molar-refractivity contribution in [2.24, 2.45) is 0 Å². The molecule has 1 N–H and O–H groups in total. The summed E-state index contributed by atoms with van der Waals surface area (Å²) in [4.78, 5) is 18.8. The van der Waals surface area contributed by atoms with Crippen molar-refractivity contribution >= 4 is 5.91 Å². The van der Waals surface area contributed by atoms with Crippen LogP contribution in [0.25, 0.3) is 5.69 Å². The lowest BCUT2D eigenvalue weighted by Crippen LogP contribution is -2.38. The summed E-state index contributed by atoms with van der Waals surface area (Å²) in [6, 6.07) is 10.5. The van der Waals surface area contributed by atoms with Gasteiger partial charge in [-0.25, -0.2) is 4.68 Å². The zero-order chi connectivity index (χ0) is 21.1. The Kier molecular flexibility index (Phi) is 5.95. The number of hydrogen-bond acceptors (Lipinski definition) is 4. The highest BCUT2D eigenvalue weighted by atomic mass is 16.2. The molecule has 6 nitrogen and oxygen atoms in total. The zero-order valence-corrected chi connectivity index (χ0v) is 17.9. The van der Waals surface area contributed by atoms with Crippen LogP contribution < -0.4 is 5.32 Å². The molecule has 156 valence electrons. The molecular formula is C24H29N5O. The van der Waals surface area contributed by atoms with Crippen LogP contribution in [0, 0.1) is 13.8 Å². The lowest BCUT2D eigenvalue weighted by atomic mass is 9.92. The van der Waals surface area contributed by atoms with Crippen molar-refractivity contribution in [1.29, 1.82) is 0 Å². The van der Waals surface area contributed by atoms with Crippen LogP contribution in [0.1, 0.15) is 46.8 Å². The maximum atomic E-state index is 12.7. The van der Waals surface area contributed by atoms with Crippen molar-refractivity contribution in [3.63, 3.8) is 0 Å². The third kappa shape index (κ3) is 4.60. The van der Waals surface area contributed by atoms with Gasteiger partial charge in [-0.2, -0.15) is 5.10 Å². The van der Waals surface area contributed by atoms with Gasteiger partial charge < -0.3 is 5.32 Å². The molecule has 1 amide bonds. The molecule has 0 bridgehead atoms. The Bertz CT molecular complexity index is 1010. The number of benzene rings is 1. The molecule has 1 atom stereocenters. The monoisotopic (exact) mass is 403 g/mol. The number of hydrogen-bond donors (Lipinski definition) is 1. The van der Waals surface area contributed by atoms with E-state index in [9.17, 15) is 4.79 Å². The molecule has 0 saturated heterocycles. The molecule has 2 heterocycles. The minimum atomic E-state index is 0.0210. The Hall–Kier alpha value is -2.99. The SMILES string of the molecule is Cc1cc(C)cc(-n2ncc3c2CCC[C@H]3NC(=O)CN(C)Cc2cccnc2)c1. The molecule has 3 aromatic rings. The van der Waals surface area contributed by atoms with Gasteiger partial charge >= 0.3 is 0 Å². The molecule has 0 fully saturated rings. The third-order valence-electron chi connectivity index (χ3n) is 5.56. The number of nitrogens with one attached hydrogen (secondary N) is 1. The van der Waals surface area contributed by atoms with Gasteiger partial charge in [0.25, 0.3) is 0 Å². The van der Waals surface area contributed by atoms with E-state index in [2.05, 4.69) is 47.4 Å². The first-order valence-electron chi connectivity index (χ1n) is 10.5. The quantitative estimate of drug-likeness (QED) is 0.684. The molecule has 4 rings (SSSR count). The predicted molar refractivity (Wildman–Crippen MR) is 117 cm³/mol. The number of fused-ring (bicyclic) bond motifs is 1. The Labute approximate surface area is 177 Å². The van der Waals surface area contributed by atoms with Crippen molar-refractivity contribution in [2.45, 2.75) is 45.7 Å². The maximum absolute atomic E-state index is 12.7. The molecule has 1 aliphatic carbocycles. The van der Waals surface area contributed by atoms with Gasteiger partial charge in [-0.3, -0.25) is 14.7 Å². The average molecular weight is 404 g/mol. The van der Waals surface area contributed by atoms with Crippen LogP contribution in [0.2, 0.25) is 0 Å². The lowest BCUT2D eigenvalue weighted by molar-refractivity contribution is -0.122. The van der Waals surface area contributed by atoms with E-state index < -0.39 is 0 Å². The highest BCUT2D eigenvalue weighted by Crippen LogP contribution is 2.31.